The topological polar surface area (TPSA) is 100 Å². The number of methoxy groups -OCH3 is 1. The molecule has 0 heterocycles. The van der Waals surface area contributed by atoms with E-state index < -0.39 is 65.2 Å². The van der Waals surface area contributed by atoms with Crippen molar-refractivity contribution in [1.29, 1.82) is 0 Å². The fraction of sp³-hybridized carbons (Fsp3) is 0.979. The summed E-state index contributed by atoms with van der Waals surface area (Å²) >= 11 is 0. The third-order valence-electron chi connectivity index (χ3n) is 11.9. The van der Waals surface area contributed by atoms with E-state index in [-0.39, 0.29) is 11.5 Å². The predicted molar refractivity (Wildman–Crippen MR) is 288 cm³/mol. The minimum Gasteiger partial charge on any atom is -0.469 e. The number of carbonyl (C=O) groups is 1. The molecule has 0 aliphatic carbocycles. The Labute approximate surface area is 405 Å². The molecule has 17 heteroatoms. The van der Waals surface area contributed by atoms with Crippen LogP contribution < -0.4 is 0 Å². The second-order valence-electron chi connectivity index (χ2n) is 21.3. The molecule has 5 unspecified atom stereocenters. The molecule has 0 saturated carbocycles. The van der Waals surface area contributed by atoms with Crippen LogP contribution in [0, 0.1) is 0 Å². The van der Waals surface area contributed by atoms with Gasteiger partial charge in [0.2, 0.25) is 0 Å². The van der Waals surface area contributed by atoms with Gasteiger partial charge in [-0.2, -0.15) is 0 Å². The van der Waals surface area contributed by atoms with Crippen molar-refractivity contribution in [2.24, 2.45) is 0 Å². The summed E-state index contributed by atoms with van der Waals surface area (Å²) < 4.78 is 62.2. The fourth-order valence-electron chi connectivity index (χ4n) is 9.20. The van der Waals surface area contributed by atoms with Crippen molar-refractivity contribution in [1.82, 2.24) is 0 Å². The highest BCUT2D eigenvalue weighted by Gasteiger charge is 2.58. The van der Waals surface area contributed by atoms with E-state index in [0.717, 1.165) is 25.7 Å². The van der Waals surface area contributed by atoms with Crippen LogP contribution in [0.5, 0.6) is 0 Å². The van der Waals surface area contributed by atoms with E-state index in [1.54, 1.807) is 0 Å². The zero-order valence-electron chi connectivity index (χ0n) is 45.6. The highest BCUT2D eigenvalue weighted by atomic mass is 28.5. The first-order valence-corrected chi connectivity index (χ1v) is 45.2. The summed E-state index contributed by atoms with van der Waals surface area (Å²) in [5, 5.41) is 0. The Hall–Kier alpha value is 0.668. The lowest BCUT2D eigenvalue weighted by atomic mass is 10.0. The fourth-order valence-corrected chi connectivity index (χ4v) is 43.6. The zero-order chi connectivity index (χ0) is 49.0. The maximum atomic E-state index is 14.1. The lowest BCUT2D eigenvalue weighted by Gasteiger charge is -2.49. The largest absolute Gasteiger partial charge is 0.500 e. The molecule has 0 aliphatic heterocycles. The molecule has 0 aliphatic rings. The van der Waals surface area contributed by atoms with Crippen molar-refractivity contribution < 1.29 is 43.4 Å². The zero-order valence-corrected chi connectivity index (χ0v) is 52.6. The van der Waals surface area contributed by atoms with E-state index in [0.29, 0.717) is 38.3 Å². The minimum atomic E-state index is -3.34. The van der Waals surface area contributed by atoms with Crippen LogP contribution in [0.3, 0.4) is 0 Å². The van der Waals surface area contributed by atoms with Crippen molar-refractivity contribution in [3.8, 4) is 0 Å². The molecule has 0 aromatic carbocycles. The first-order chi connectivity index (χ1) is 29.8. The van der Waals surface area contributed by atoms with Crippen LogP contribution in [0.25, 0.3) is 0 Å². The van der Waals surface area contributed by atoms with Gasteiger partial charge in [0.25, 0.3) is 0 Å². The monoisotopic (exact) mass is 1030 g/mol. The lowest BCUT2D eigenvalue weighted by molar-refractivity contribution is -0.141. The molecule has 0 rings (SSSR count). The number of hydrogen-bond donors (Lipinski definition) is 0. The number of ether oxygens (including phenoxy) is 1. The van der Waals surface area contributed by atoms with E-state index in [2.05, 4.69) is 92.8 Å². The molecule has 0 saturated heterocycles. The summed E-state index contributed by atoms with van der Waals surface area (Å²) in [6.45, 7) is 38.6. The molecule has 0 aromatic rings. The number of unbranched alkanes of at least 4 members (excludes halogenated alkanes) is 17. The smallest absolute Gasteiger partial charge is 0.469 e. The second-order valence-corrected chi connectivity index (χ2v) is 47.9. The van der Waals surface area contributed by atoms with E-state index in [1.165, 1.54) is 110 Å². The SMILES string of the molecule is CCCCCCCCCCCCCCC(C)[Si](C)(O[Si](C)(CC[Si](OCC)(OCC)OCC)O[Si](C)(C)O[Si](C)(C)C)O[Si](C)(O[Si](C)(C)C)C(CCCCCCCCC)C(=O)OC. The Balaban J connectivity index is 7.16. The first-order valence-electron chi connectivity index (χ1n) is 26.3. The van der Waals surface area contributed by atoms with Gasteiger partial charge in [0.1, 0.15) is 0 Å². The summed E-state index contributed by atoms with van der Waals surface area (Å²) in [5.74, 6) is -0.224. The Kier molecular flexibility index (Phi) is 33.6. The normalized spacial score (nSPS) is 16.8. The molecular formula is C47H108O10Si7. The molecule has 0 bridgehead atoms. The summed E-state index contributed by atoms with van der Waals surface area (Å²) in [6, 6.07) is 1.18. The molecule has 0 spiro atoms. The molecule has 0 aromatic heterocycles. The highest BCUT2D eigenvalue weighted by Crippen LogP contribution is 2.43. The van der Waals surface area contributed by atoms with E-state index in [1.807, 2.05) is 20.8 Å². The Morgan fingerprint density at radius 2 is 0.828 bits per heavy atom. The number of carbonyl (C=O) groups excluding carboxylic acids is 1. The minimum absolute atomic E-state index is 0.107. The standard InChI is InChI=1S/C47H108O10Si7/c1-19-24-26-28-30-31-32-33-34-36-37-39-41-45(6)62(17,57-63(18,54-59(11,12)13)46(47(48)49-7)42-40-38-35-29-27-25-20-2)56-61(16,55-60(14,15)53-58(8,9)10)43-44-64(50-21-3,51-22-4)52-23-5/h45-46H,19-44H2,1-18H3. The molecule has 0 N–H and O–H groups in total. The molecule has 5 atom stereocenters. The number of esters is 1. The summed E-state index contributed by atoms with van der Waals surface area (Å²) in [6.07, 6.45) is 25.5. The molecular weight excluding hydrogens is 921 g/mol. The molecule has 64 heavy (non-hydrogen) atoms. The van der Waals surface area contributed by atoms with Crippen LogP contribution in [0.15, 0.2) is 0 Å². The lowest BCUT2D eigenvalue weighted by Crippen LogP contribution is -2.65. The molecule has 0 amide bonds. The second kappa shape index (κ2) is 33.3. The van der Waals surface area contributed by atoms with Gasteiger partial charge < -0.3 is 38.6 Å². The van der Waals surface area contributed by atoms with Crippen molar-refractivity contribution in [2.45, 2.75) is 272 Å². The van der Waals surface area contributed by atoms with Crippen molar-refractivity contribution in [3.05, 3.63) is 0 Å². The van der Waals surface area contributed by atoms with E-state index >= 15 is 0 Å². The maximum Gasteiger partial charge on any atom is 0.500 e. The van der Waals surface area contributed by atoms with E-state index in [9.17, 15) is 4.79 Å². The van der Waals surface area contributed by atoms with Gasteiger partial charge in [-0.05, 0) is 117 Å². The van der Waals surface area contributed by atoms with E-state index in [4.69, 9.17) is 38.6 Å². The van der Waals surface area contributed by atoms with Crippen molar-refractivity contribution in [2.75, 3.05) is 26.9 Å². The molecule has 0 radical (unpaired) electrons. The van der Waals surface area contributed by atoms with Crippen LogP contribution in [-0.4, -0.2) is 92.6 Å². The van der Waals surface area contributed by atoms with Gasteiger partial charge in [0.15, 0.2) is 16.6 Å². The van der Waals surface area contributed by atoms with Crippen LogP contribution >= 0.6 is 0 Å². The van der Waals surface area contributed by atoms with Gasteiger partial charge in [0.05, 0.1) is 12.7 Å². The van der Waals surface area contributed by atoms with Gasteiger partial charge in [-0.1, -0.05) is 143 Å². The van der Waals surface area contributed by atoms with Crippen LogP contribution in [0.1, 0.15) is 176 Å². The van der Waals surface area contributed by atoms with Gasteiger partial charge in [-0.25, -0.2) is 0 Å². The van der Waals surface area contributed by atoms with Gasteiger partial charge in [0, 0.05) is 25.9 Å². The number of rotatable bonds is 43. The average molecular weight is 1030 g/mol. The average Bonchev–Trinajstić information content (AvgIpc) is 3.16. The Morgan fingerprint density at radius 1 is 0.438 bits per heavy atom. The van der Waals surface area contributed by atoms with Crippen LogP contribution in [-0.2, 0) is 43.4 Å². The molecule has 0 fully saturated rings. The summed E-state index contributed by atoms with van der Waals surface area (Å²) in [4.78, 5) is 14.1. The Morgan fingerprint density at radius 3 is 1.20 bits per heavy atom. The quantitative estimate of drug-likeness (QED) is 0.0333. The van der Waals surface area contributed by atoms with Crippen LogP contribution in [0.2, 0.25) is 95.2 Å². The molecule has 384 valence electrons. The Bertz CT molecular complexity index is 1180. The first kappa shape index (κ1) is 64.7. The van der Waals surface area contributed by atoms with Crippen molar-refractivity contribution in [3.63, 3.8) is 0 Å². The van der Waals surface area contributed by atoms with Crippen LogP contribution in [0.4, 0.5) is 0 Å². The van der Waals surface area contributed by atoms with Gasteiger partial charge >= 0.3 is 49.0 Å². The van der Waals surface area contributed by atoms with Gasteiger partial charge in [-0.15, -0.1) is 0 Å². The molecule has 10 nitrogen and oxygen atoms in total. The maximum absolute atomic E-state index is 14.1. The van der Waals surface area contributed by atoms with Gasteiger partial charge in [-0.3, -0.25) is 4.79 Å². The summed E-state index contributed by atoms with van der Waals surface area (Å²) in [5.41, 5.74) is -0.367. The highest BCUT2D eigenvalue weighted by molar-refractivity contribution is 6.93. The predicted octanol–water partition coefficient (Wildman–Crippen LogP) is 15.9. The third kappa shape index (κ3) is 29.0. The number of hydrogen-bond acceptors (Lipinski definition) is 10. The van der Waals surface area contributed by atoms with Crippen molar-refractivity contribution >= 4 is 65.7 Å². The third-order valence-corrected chi connectivity index (χ3v) is 39.3. The summed E-state index contributed by atoms with van der Waals surface area (Å²) in [7, 11) is -18.3.